The lowest BCUT2D eigenvalue weighted by molar-refractivity contribution is -0.274. The third-order valence-electron chi connectivity index (χ3n) is 4.82. The fraction of sp³-hybridized carbons (Fsp3) is 0.292. The summed E-state index contributed by atoms with van der Waals surface area (Å²) in [4.78, 5) is 4.57. The highest BCUT2D eigenvalue weighted by Crippen LogP contribution is 2.34. The van der Waals surface area contributed by atoms with Crippen molar-refractivity contribution in [3.63, 3.8) is 0 Å². The molecule has 0 bridgehead atoms. The Morgan fingerprint density at radius 3 is 2.47 bits per heavy atom. The first-order valence-corrected chi connectivity index (χ1v) is 9.91. The van der Waals surface area contributed by atoms with Crippen molar-refractivity contribution in [1.29, 1.82) is 0 Å². The van der Waals surface area contributed by atoms with Crippen LogP contribution in [0.4, 0.5) is 18.9 Å². The lowest BCUT2D eigenvalue weighted by atomic mass is 9.96. The molecule has 0 unspecified atom stereocenters. The Hall–Kier alpha value is -3.02. The van der Waals surface area contributed by atoms with Crippen LogP contribution in [0.2, 0.25) is 0 Å². The summed E-state index contributed by atoms with van der Waals surface area (Å²) in [7, 11) is 0. The summed E-state index contributed by atoms with van der Waals surface area (Å²) >= 11 is 0. The number of nitrogens with one attached hydrogen (secondary N) is 1. The van der Waals surface area contributed by atoms with Gasteiger partial charge in [0.2, 0.25) is 0 Å². The van der Waals surface area contributed by atoms with Crippen LogP contribution in [0.25, 0.3) is 11.1 Å². The highest BCUT2D eigenvalue weighted by Gasteiger charge is 2.31. The molecule has 0 aliphatic heterocycles. The molecular formula is C24H25F3N2O. The van der Waals surface area contributed by atoms with Crippen LogP contribution in [0.1, 0.15) is 37.3 Å². The van der Waals surface area contributed by atoms with Crippen molar-refractivity contribution in [2.45, 2.75) is 46.0 Å². The average molecular weight is 414 g/mol. The van der Waals surface area contributed by atoms with Gasteiger partial charge in [-0.05, 0) is 84.4 Å². The van der Waals surface area contributed by atoms with Gasteiger partial charge in [0.25, 0.3) is 0 Å². The van der Waals surface area contributed by atoms with E-state index in [1.165, 1.54) is 17.7 Å². The second-order valence-electron chi connectivity index (χ2n) is 7.15. The number of aliphatic imine (C=N–C) groups is 1. The van der Waals surface area contributed by atoms with E-state index in [2.05, 4.69) is 21.6 Å². The van der Waals surface area contributed by atoms with E-state index in [0.717, 1.165) is 52.9 Å². The molecule has 1 aliphatic carbocycles. The SMILES string of the molecule is C=CC(NCc1cc(N=CCC)c(C)c(-c2ccc(OC(F)(F)F)cc2)c1)=C1CC1. The summed E-state index contributed by atoms with van der Waals surface area (Å²) in [5.74, 6) is -0.238. The number of hydrogen-bond acceptors (Lipinski definition) is 3. The van der Waals surface area contributed by atoms with Crippen LogP contribution in [-0.4, -0.2) is 12.6 Å². The molecule has 158 valence electrons. The number of rotatable bonds is 8. The van der Waals surface area contributed by atoms with Gasteiger partial charge in [0.15, 0.2) is 0 Å². The van der Waals surface area contributed by atoms with Crippen LogP contribution in [0.15, 0.2) is 65.3 Å². The third kappa shape index (κ3) is 5.75. The summed E-state index contributed by atoms with van der Waals surface area (Å²) in [6, 6.07) is 10.0. The molecule has 0 atom stereocenters. The van der Waals surface area contributed by atoms with Gasteiger partial charge in [-0.2, -0.15) is 0 Å². The highest BCUT2D eigenvalue weighted by atomic mass is 19.4. The molecule has 3 rings (SSSR count). The zero-order chi connectivity index (χ0) is 21.7. The van der Waals surface area contributed by atoms with Crippen LogP contribution in [0.3, 0.4) is 0 Å². The van der Waals surface area contributed by atoms with Gasteiger partial charge in [-0.3, -0.25) is 4.99 Å². The summed E-state index contributed by atoms with van der Waals surface area (Å²) in [5.41, 5.74) is 7.04. The molecule has 1 fully saturated rings. The molecule has 1 N–H and O–H groups in total. The van der Waals surface area contributed by atoms with Crippen LogP contribution in [0, 0.1) is 6.92 Å². The second kappa shape index (κ2) is 9.20. The molecule has 30 heavy (non-hydrogen) atoms. The molecular weight excluding hydrogens is 389 g/mol. The summed E-state index contributed by atoms with van der Waals surface area (Å²) in [6.07, 6.45) is 2.01. The molecule has 0 radical (unpaired) electrons. The lowest BCUT2D eigenvalue weighted by Crippen LogP contribution is -2.16. The van der Waals surface area contributed by atoms with E-state index >= 15 is 0 Å². The molecule has 0 amide bonds. The summed E-state index contributed by atoms with van der Waals surface area (Å²) < 4.78 is 41.3. The van der Waals surface area contributed by atoms with Gasteiger partial charge in [-0.1, -0.05) is 25.6 Å². The molecule has 2 aromatic rings. The summed E-state index contributed by atoms with van der Waals surface area (Å²) in [6.45, 7) is 8.47. The first-order chi connectivity index (χ1) is 14.3. The van der Waals surface area contributed by atoms with Gasteiger partial charge in [-0.25, -0.2) is 0 Å². The Kier molecular flexibility index (Phi) is 6.65. The zero-order valence-corrected chi connectivity index (χ0v) is 17.1. The smallest absolute Gasteiger partial charge is 0.406 e. The Morgan fingerprint density at radius 1 is 1.20 bits per heavy atom. The Labute approximate surface area is 175 Å². The molecule has 6 heteroatoms. The van der Waals surface area contributed by atoms with Crippen LogP contribution in [0.5, 0.6) is 5.75 Å². The second-order valence-corrected chi connectivity index (χ2v) is 7.15. The van der Waals surface area contributed by atoms with E-state index in [4.69, 9.17) is 0 Å². The van der Waals surface area contributed by atoms with Gasteiger partial charge in [0.1, 0.15) is 5.75 Å². The van der Waals surface area contributed by atoms with Gasteiger partial charge < -0.3 is 10.1 Å². The quantitative estimate of drug-likeness (QED) is 0.472. The monoisotopic (exact) mass is 414 g/mol. The third-order valence-corrected chi connectivity index (χ3v) is 4.82. The molecule has 3 nitrogen and oxygen atoms in total. The maximum Gasteiger partial charge on any atom is 0.573 e. The molecule has 0 heterocycles. The Bertz CT molecular complexity index is 967. The van der Waals surface area contributed by atoms with Crippen molar-refractivity contribution in [1.82, 2.24) is 5.32 Å². The van der Waals surface area contributed by atoms with Crippen molar-refractivity contribution in [2.24, 2.45) is 4.99 Å². The van der Waals surface area contributed by atoms with Gasteiger partial charge in [0, 0.05) is 18.5 Å². The van der Waals surface area contributed by atoms with E-state index in [1.807, 2.05) is 38.3 Å². The topological polar surface area (TPSA) is 33.6 Å². The van der Waals surface area contributed by atoms with Gasteiger partial charge in [0.05, 0.1) is 5.69 Å². The predicted molar refractivity (Wildman–Crippen MR) is 115 cm³/mol. The van der Waals surface area contributed by atoms with E-state index in [0.29, 0.717) is 6.54 Å². The number of benzene rings is 2. The van der Waals surface area contributed by atoms with E-state index < -0.39 is 6.36 Å². The van der Waals surface area contributed by atoms with E-state index in [9.17, 15) is 13.2 Å². The van der Waals surface area contributed by atoms with Crippen LogP contribution >= 0.6 is 0 Å². The standard InChI is InChI=1S/C24H25F3N2O/c1-4-12-28-23-14-17(15-29-22(5-2)19-6-7-19)13-21(16(23)3)18-8-10-20(11-9-18)30-24(25,26)27/h5,8-14,29H,2,4,6-7,15H2,1,3H3. The van der Waals surface area contributed by atoms with E-state index in [-0.39, 0.29) is 5.75 Å². The number of halogens is 3. The summed E-state index contributed by atoms with van der Waals surface area (Å²) in [5, 5.41) is 3.43. The Balaban J connectivity index is 1.92. The zero-order valence-electron chi connectivity index (χ0n) is 17.1. The van der Waals surface area contributed by atoms with Gasteiger partial charge in [-0.15, -0.1) is 13.2 Å². The average Bonchev–Trinajstić information content (AvgIpc) is 3.53. The fourth-order valence-corrected chi connectivity index (χ4v) is 3.19. The van der Waals surface area contributed by atoms with Crippen molar-refractivity contribution in [3.05, 3.63) is 71.5 Å². The normalized spacial score (nSPS) is 13.4. The first-order valence-electron chi connectivity index (χ1n) is 9.91. The number of alkyl halides is 3. The lowest BCUT2D eigenvalue weighted by Gasteiger charge is -2.15. The fourth-order valence-electron chi connectivity index (χ4n) is 3.19. The molecule has 0 saturated heterocycles. The van der Waals surface area contributed by atoms with Crippen molar-refractivity contribution < 1.29 is 17.9 Å². The Morgan fingerprint density at radius 2 is 1.90 bits per heavy atom. The number of ether oxygens (including phenoxy) is 1. The minimum atomic E-state index is -4.70. The largest absolute Gasteiger partial charge is 0.573 e. The molecule has 1 saturated carbocycles. The molecule has 1 aliphatic rings. The maximum atomic E-state index is 12.4. The van der Waals surface area contributed by atoms with Crippen molar-refractivity contribution >= 4 is 11.9 Å². The molecule has 0 aromatic heterocycles. The van der Waals surface area contributed by atoms with Crippen LogP contribution < -0.4 is 10.1 Å². The number of hydrogen-bond donors (Lipinski definition) is 1. The predicted octanol–water partition coefficient (Wildman–Crippen LogP) is 7.00. The minimum absolute atomic E-state index is 0.238. The number of allylic oxidation sites excluding steroid dienone is 2. The first kappa shape index (κ1) is 21.7. The molecule has 2 aromatic carbocycles. The minimum Gasteiger partial charge on any atom is -0.406 e. The van der Waals surface area contributed by atoms with Gasteiger partial charge >= 0.3 is 6.36 Å². The number of nitrogens with zero attached hydrogens (tertiary/aromatic N) is 1. The van der Waals surface area contributed by atoms with Crippen molar-refractivity contribution in [3.8, 4) is 16.9 Å². The van der Waals surface area contributed by atoms with Crippen molar-refractivity contribution in [2.75, 3.05) is 0 Å². The van der Waals surface area contributed by atoms with Crippen LogP contribution in [-0.2, 0) is 6.54 Å². The van der Waals surface area contributed by atoms with E-state index in [1.54, 1.807) is 12.1 Å². The molecule has 0 spiro atoms. The maximum absolute atomic E-state index is 12.4. The highest BCUT2D eigenvalue weighted by molar-refractivity contribution is 5.76.